The SMILES string of the molecule is CCCc1noc(CN(C)Cc2cc(=O)n3cc(Cl)ccc3n2)n1. The van der Waals surface area contributed by atoms with Crippen LogP contribution < -0.4 is 5.56 Å². The number of aryl methyl sites for hydroxylation is 1. The molecule has 0 amide bonds. The van der Waals surface area contributed by atoms with Gasteiger partial charge in [-0.25, -0.2) is 4.98 Å². The maximum absolute atomic E-state index is 12.2. The van der Waals surface area contributed by atoms with Gasteiger partial charge in [0.25, 0.3) is 5.56 Å². The van der Waals surface area contributed by atoms with Gasteiger partial charge in [0.2, 0.25) is 5.89 Å². The molecule has 3 aromatic rings. The molecule has 0 saturated heterocycles. The van der Waals surface area contributed by atoms with E-state index in [9.17, 15) is 4.79 Å². The lowest BCUT2D eigenvalue weighted by atomic mass is 10.3. The van der Waals surface area contributed by atoms with Gasteiger partial charge in [0.05, 0.1) is 17.3 Å². The second kappa shape index (κ2) is 7.11. The lowest BCUT2D eigenvalue weighted by Crippen LogP contribution is -2.22. The number of halogens is 1. The van der Waals surface area contributed by atoms with Crippen LogP contribution in [-0.4, -0.2) is 31.5 Å². The van der Waals surface area contributed by atoms with E-state index in [1.54, 1.807) is 18.3 Å². The molecule has 126 valence electrons. The van der Waals surface area contributed by atoms with Gasteiger partial charge in [-0.05, 0) is 25.6 Å². The quantitative estimate of drug-likeness (QED) is 0.681. The van der Waals surface area contributed by atoms with Crippen LogP contribution in [-0.2, 0) is 19.5 Å². The van der Waals surface area contributed by atoms with Crippen molar-refractivity contribution in [2.75, 3.05) is 7.05 Å². The molecule has 0 unspecified atom stereocenters. The molecule has 24 heavy (non-hydrogen) atoms. The van der Waals surface area contributed by atoms with Crippen molar-refractivity contribution >= 4 is 17.2 Å². The summed E-state index contributed by atoms with van der Waals surface area (Å²) in [7, 11) is 1.91. The Morgan fingerprint density at radius 1 is 1.29 bits per heavy atom. The molecule has 3 heterocycles. The second-order valence-corrected chi connectivity index (χ2v) is 6.12. The van der Waals surface area contributed by atoms with E-state index in [-0.39, 0.29) is 5.56 Å². The van der Waals surface area contributed by atoms with E-state index in [4.69, 9.17) is 16.1 Å². The standard InChI is InChI=1S/C16H18ClN5O2/c1-3-4-13-19-15(24-20-13)10-21(2)9-12-7-16(23)22-8-11(17)5-6-14(22)18-12/h5-8H,3-4,9-10H2,1-2H3. The summed E-state index contributed by atoms with van der Waals surface area (Å²) in [6.07, 6.45) is 3.34. The van der Waals surface area contributed by atoms with Gasteiger partial charge in [-0.15, -0.1) is 0 Å². The lowest BCUT2D eigenvalue weighted by molar-refractivity contribution is 0.258. The van der Waals surface area contributed by atoms with Gasteiger partial charge in [0.1, 0.15) is 5.65 Å². The number of hydrogen-bond acceptors (Lipinski definition) is 6. The van der Waals surface area contributed by atoms with E-state index in [0.29, 0.717) is 35.3 Å². The first kappa shape index (κ1) is 16.6. The molecule has 0 fully saturated rings. The second-order valence-electron chi connectivity index (χ2n) is 5.69. The number of pyridine rings is 1. The zero-order valence-corrected chi connectivity index (χ0v) is 14.3. The van der Waals surface area contributed by atoms with Crippen LogP contribution in [0.1, 0.15) is 30.8 Å². The Bertz CT molecular complexity index is 905. The smallest absolute Gasteiger partial charge is 0.258 e. The molecule has 0 aliphatic rings. The number of fused-ring (bicyclic) bond motifs is 1. The molecule has 0 aliphatic heterocycles. The number of nitrogens with zero attached hydrogens (tertiary/aromatic N) is 5. The largest absolute Gasteiger partial charge is 0.338 e. The minimum Gasteiger partial charge on any atom is -0.338 e. The fourth-order valence-electron chi connectivity index (χ4n) is 2.45. The highest BCUT2D eigenvalue weighted by Gasteiger charge is 2.11. The van der Waals surface area contributed by atoms with Crippen LogP contribution in [0, 0.1) is 0 Å². The van der Waals surface area contributed by atoms with Crippen LogP contribution in [0.15, 0.2) is 33.7 Å². The van der Waals surface area contributed by atoms with Gasteiger partial charge in [-0.1, -0.05) is 23.7 Å². The van der Waals surface area contributed by atoms with Gasteiger partial charge in [0.15, 0.2) is 5.82 Å². The maximum Gasteiger partial charge on any atom is 0.258 e. The van der Waals surface area contributed by atoms with Crippen molar-refractivity contribution in [3.8, 4) is 0 Å². The highest BCUT2D eigenvalue weighted by molar-refractivity contribution is 6.30. The molecule has 0 atom stereocenters. The molecular weight excluding hydrogens is 330 g/mol. The van der Waals surface area contributed by atoms with E-state index in [2.05, 4.69) is 22.0 Å². The first-order chi connectivity index (χ1) is 11.5. The summed E-state index contributed by atoms with van der Waals surface area (Å²) in [6.45, 7) is 3.07. The van der Waals surface area contributed by atoms with Crippen molar-refractivity contribution in [3.63, 3.8) is 0 Å². The predicted octanol–water partition coefficient (Wildman–Crippen LogP) is 2.32. The highest BCUT2D eigenvalue weighted by Crippen LogP contribution is 2.10. The van der Waals surface area contributed by atoms with Gasteiger partial charge in [-0.3, -0.25) is 14.1 Å². The molecule has 3 rings (SSSR count). The van der Waals surface area contributed by atoms with Gasteiger partial charge < -0.3 is 4.52 Å². The number of hydrogen-bond donors (Lipinski definition) is 0. The number of aromatic nitrogens is 4. The summed E-state index contributed by atoms with van der Waals surface area (Å²) in [5, 5.41) is 4.43. The number of rotatable bonds is 6. The molecule has 3 aromatic heterocycles. The normalized spacial score (nSPS) is 11.5. The van der Waals surface area contributed by atoms with Crippen LogP contribution in [0.3, 0.4) is 0 Å². The van der Waals surface area contributed by atoms with Crippen molar-refractivity contribution in [2.24, 2.45) is 0 Å². The van der Waals surface area contributed by atoms with Gasteiger partial charge >= 0.3 is 0 Å². The summed E-state index contributed by atoms with van der Waals surface area (Å²) in [5.41, 5.74) is 1.09. The minimum atomic E-state index is -0.158. The summed E-state index contributed by atoms with van der Waals surface area (Å²) in [6, 6.07) is 4.95. The van der Waals surface area contributed by atoms with Crippen LogP contribution in [0.4, 0.5) is 0 Å². The molecule has 8 heteroatoms. The summed E-state index contributed by atoms with van der Waals surface area (Å²) in [5.74, 6) is 1.28. The Morgan fingerprint density at radius 3 is 2.92 bits per heavy atom. The third-order valence-corrected chi connectivity index (χ3v) is 3.72. The Labute approximate surface area is 143 Å². The highest BCUT2D eigenvalue weighted by atomic mass is 35.5. The lowest BCUT2D eigenvalue weighted by Gasteiger charge is -2.13. The van der Waals surface area contributed by atoms with Crippen molar-refractivity contribution in [1.29, 1.82) is 0 Å². The molecule has 7 nitrogen and oxygen atoms in total. The molecule has 0 saturated carbocycles. The van der Waals surface area contributed by atoms with Gasteiger partial charge in [-0.2, -0.15) is 4.98 Å². The Morgan fingerprint density at radius 2 is 2.12 bits per heavy atom. The molecule has 0 spiro atoms. The maximum atomic E-state index is 12.2. The fourth-order valence-corrected chi connectivity index (χ4v) is 2.61. The molecule has 0 N–H and O–H groups in total. The molecule has 0 radical (unpaired) electrons. The first-order valence-electron chi connectivity index (χ1n) is 7.73. The van der Waals surface area contributed by atoms with Crippen LogP contribution in [0.2, 0.25) is 5.02 Å². The van der Waals surface area contributed by atoms with Crippen molar-refractivity contribution < 1.29 is 4.52 Å². The topological polar surface area (TPSA) is 76.5 Å². The summed E-state index contributed by atoms with van der Waals surface area (Å²) < 4.78 is 6.66. The van der Waals surface area contributed by atoms with Crippen molar-refractivity contribution in [1.82, 2.24) is 24.4 Å². The van der Waals surface area contributed by atoms with E-state index in [1.165, 1.54) is 10.5 Å². The fraction of sp³-hybridized carbons (Fsp3) is 0.375. The van der Waals surface area contributed by atoms with E-state index in [0.717, 1.165) is 18.7 Å². The van der Waals surface area contributed by atoms with Crippen LogP contribution in [0.5, 0.6) is 0 Å². The molecule has 0 bridgehead atoms. The molecule has 0 aromatic carbocycles. The first-order valence-corrected chi connectivity index (χ1v) is 8.11. The predicted molar refractivity (Wildman–Crippen MR) is 89.9 cm³/mol. The van der Waals surface area contributed by atoms with E-state index < -0.39 is 0 Å². The van der Waals surface area contributed by atoms with Crippen molar-refractivity contribution in [2.45, 2.75) is 32.9 Å². The third kappa shape index (κ3) is 3.80. The Hall–Kier alpha value is -2.25. The van der Waals surface area contributed by atoms with E-state index >= 15 is 0 Å². The third-order valence-electron chi connectivity index (χ3n) is 3.50. The summed E-state index contributed by atoms with van der Waals surface area (Å²) >= 11 is 5.91. The average Bonchev–Trinajstić information content (AvgIpc) is 2.95. The summed E-state index contributed by atoms with van der Waals surface area (Å²) in [4.78, 5) is 23.0. The Kier molecular flexibility index (Phi) is 4.92. The average molecular weight is 348 g/mol. The zero-order chi connectivity index (χ0) is 17.1. The molecule has 0 aliphatic carbocycles. The minimum absolute atomic E-state index is 0.158. The molecular formula is C16H18ClN5O2. The van der Waals surface area contributed by atoms with Crippen LogP contribution >= 0.6 is 11.6 Å². The zero-order valence-electron chi connectivity index (χ0n) is 13.6. The van der Waals surface area contributed by atoms with E-state index in [1.807, 2.05) is 11.9 Å². The van der Waals surface area contributed by atoms with Crippen molar-refractivity contribution in [3.05, 3.63) is 57.2 Å². The Balaban J connectivity index is 1.73. The monoisotopic (exact) mass is 347 g/mol. The van der Waals surface area contributed by atoms with Gasteiger partial charge in [0, 0.05) is 25.2 Å². The van der Waals surface area contributed by atoms with Crippen LogP contribution in [0.25, 0.3) is 5.65 Å².